The highest BCUT2D eigenvalue weighted by Gasteiger charge is 2.13. The summed E-state index contributed by atoms with van der Waals surface area (Å²) in [5, 5.41) is 0. The number of carbonyl (C=O) groups is 1. The van der Waals surface area contributed by atoms with Crippen LogP contribution in [0.2, 0.25) is 0 Å². The fraction of sp³-hybridized carbons (Fsp3) is 0.750. The Bertz CT molecular complexity index is 203. The van der Waals surface area contributed by atoms with Crippen molar-refractivity contribution in [2.24, 2.45) is 17.6 Å². The van der Waals surface area contributed by atoms with Crippen molar-refractivity contribution in [3.63, 3.8) is 0 Å². The monoisotopic (exact) mass is 195 g/mol. The second-order valence-corrected chi connectivity index (χ2v) is 4.04. The number of rotatable bonds is 7. The van der Waals surface area contributed by atoms with Crippen LogP contribution in [-0.4, -0.2) is 12.3 Å². The van der Waals surface area contributed by atoms with E-state index >= 15 is 0 Å². The van der Waals surface area contributed by atoms with Gasteiger partial charge in [0, 0.05) is 6.42 Å². The Morgan fingerprint density at radius 1 is 1.43 bits per heavy atom. The number of ketones is 1. The minimum Gasteiger partial charge on any atom is -0.330 e. The molecule has 0 saturated heterocycles. The quantitative estimate of drug-likeness (QED) is 0.631. The summed E-state index contributed by atoms with van der Waals surface area (Å²) in [6.07, 6.45) is 7.87. The lowest BCUT2D eigenvalue weighted by Crippen LogP contribution is -2.15. The van der Waals surface area contributed by atoms with Crippen LogP contribution in [-0.2, 0) is 4.79 Å². The molecular formula is C12H21NO. The summed E-state index contributed by atoms with van der Waals surface area (Å²) in [6, 6.07) is 0. The molecule has 0 aliphatic rings. The molecule has 0 aliphatic carbocycles. The first-order valence-electron chi connectivity index (χ1n) is 5.27. The second-order valence-electron chi connectivity index (χ2n) is 4.04. The second kappa shape index (κ2) is 7.58. The molecule has 0 amide bonds. The van der Waals surface area contributed by atoms with E-state index in [1.807, 2.05) is 0 Å². The van der Waals surface area contributed by atoms with Crippen molar-refractivity contribution < 1.29 is 4.79 Å². The van der Waals surface area contributed by atoms with Crippen molar-refractivity contribution in [3.8, 4) is 12.3 Å². The third-order valence-electron chi connectivity index (χ3n) is 2.57. The topological polar surface area (TPSA) is 43.1 Å². The average Bonchev–Trinajstić information content (AvgIpc) is 2.12. The summed E-state index contributed by atoms with van der Waals surface area (Å²) in [4.78, 5) is 11.2. The van der Waals surface area contributed by atoms with E-state index < -0.39 is 0 Å². The third kappa shape index (κ3) is 5.77. The van der Waals surface area contributed by atoms with Gasteiger partial charge in [-0.2, -0.15) is 0 Å². The standard InChI is InChI=1S/C12H21NO/c1-4-5-12(14)7-6-11(8-9-13)10(2)3/h1,10-11H,5-9,13H2,2-3H3. The molecule has 0 radical (unpaired) electrons. The van der Waals surface area contributed by atoms with Crippen LogP contribution < -0.4 is 5.73 Å². The zero-order valence-corrected chi connectivity index (χ0v) is 9.25. The summed E-state index contributed by atoms with van der Waals surface area (Å²) < 4.78 is 0. The molecular weight excluding hydrogens is 174 g/mol. The predicted octanol–water partition coefficient (Wildman–Crippen LogP) is 1.98. The molecule has 0 bridgehead atoms. The number of terminal acetylenes is 1. The van der Waals surface area contributed by atoms with Gasteiger partial charge in [-0.05, 0) is 31.2 Å². The van der Waals surface area contributed by atoms with Gasteiger partial charge in [0.25, 0.3) is 0 Å². The van der Waals surface area contributed by atoms with Crippen LogP contribution in [0.4, 0.5) is 0 Å². The molecule has 14 heavy (non-hydrogen) atoms. The lowest BCUT2D eigenvalue weighted by Gasteiger charge is -2.19. The van der Waals surface area contributed by atoms with Crippen LogP contribution in [0, 0.1) is 24.2 Å². The van der Waals surface area contributed by atoms with Gasteiger partial charge in [-0.15, -0.1) is 6.42 Å². The van der Waals surface area contributed by atoms with E-state index in [0.29, 0.717) is 24.8 Å². The first-order chi connectivity index (χ1) is 6.61. The maximum atomic E-state index is 11.2. The Morgan fingerprint density at radius 2 is 2.07 bits per heavy atom. The van der Waals surface area contributed by atoms with Crippen molar-refractivity contribution in [3.05, 3.63) is 0 Å². The Balaban J connectivity index is 3.82. The minimum absolute atomic E-state index is 0.176. The highest BCUT2D eigenvalue weighted by atomic mass is 16.1. The zero-order valence-electron chi connectivity index (χ0n) is 9.25. The van der Waals surface area contributed by atoms with Crippen LogP contribution in [0.1, 0.15) is 39.5 Å². The maximum Gasteiger partial charge on any atom is 0.144 e. The molecule has 2 N–H and O–H groups in total. The summed E-state index contributed by atoms with van der Waals surface area (Å²) in [5.41, 5.74) is 5.51. The van der Waals surface area contributed by atoms with Crippen molar-refractivity contribution in [1.29, 1.82) is 0 Å². The van der Waals surface area contributed by atoms with Crippen molar-refractivity contribution in [1.82, 2.24) is 0 Å². The van der Waals surface area contributed by atoms with E-state index in [0.717, 1.165) is 12.8 Å². The Labute approximate surface area is 87.3 Å². The van der Waals surface area contributed by atoms with Gasteiger partial charge < -0.3 is 5.73 Å². The summed E-state index contributed by atoms with van der Waals surface area (Å²) in [5.74, 6) is 3.71. The van der Waals surface area contributed by atoms with E-state index in [2.05, 4.69) is 19.8 Å². The molecule has 2 nitrogen and oxygen atoms in total. The number of hydrogen-bond donors (Lipinski definition) is 1. The lowest BCUT2D eigenvalue weighted by atomic mass is 9.87. The van der Waals surface area contributed by atoms with Gasteiger partial charge in [0.1, 0.15) is 5.78 Å². The molecule has 0 saturated carbocycles. The van der Waals surface area contributed by atoms with Crippen molar-refractivity contribution in [2.45, 2.75) is 39.5 Å². The van der Waals surface area contributed by atoms with E-state index in [1.54, 1.807) is 0 Å². The van der Waals surface area contributed by atoms with Gasteiger partial charge in [0.15, 0.2) is 0 Å². The van der Waals surface area contributed by atoms with Crippen LogP contribution in [0.25, 0.3) is 0 Å². The van der Waals surface area contributed by atoms with Crippen molar-refractivity contribution in [2.75, 3.05) is 6.54 Å². The molecule has 0 aromatic rings. The molecule has 0 aliphatic heterocycles. The molecule has 1 unspecified atom stereocenters. The molecule has 0 aromatic carbocycles. The van der Waals surface area contributed by atoms with E-state index in [-0.39, 0.29) is 12.2 Å². The highest BCUT2D eigenvalue weighted by molar-refractivity contribution is 5.80. The van der Waals surface area contributed by atoms with Crippen LogP contribution in [0.15, 0.2) is 0 Å². The zero-order chi connectivity index (χ0) is 11.0. The highest BCUT2D eigenvalue weighted by Crippen LogP contribution is 2.20. The summed E-state index contributed by atoms with van der Waals surface area (Å²) in [6.45, 7) is 5.05. The van der Waals surface area contributed by atoms with Gasteiger partial charge >= 0.3 is 0 Å². The molecule has 0 spiro atoms. The lowest BCUT2D eigenvalue weighted by molar-refractivity contribution is -0.118. The molecule has 80 valence electrons. The fourth-order valence-electron chi connectivity index (χ4n) is 1.57. The summed E-state index contributed by atoms with van der Waals surface area (Å²) in [7, 11) is 0. The predicted molar refractivity (Wildman–Crippen MR) is 59.7 cm³/mol. The fourth-order valence-corrected chi connectivity index (χ4v) is 1.57. The molecule has 1 atom stereocenters. The Hall–Kier alpha value is -0.810. The van der Waals surface area contributed by atoms with Crippen LogP contribution in [0.5, 0.6) is 0 Å². The van der Waals surface area contributed by atoms with Crippen LogP contribution in [0.3, 0.4) is 0 Å². The summed E-state index contributed by atoms with van der Waals surface area (Å²) >= 11 is 0. The first-order valence-corrected chi connectivity index (χ1v) is 5.27. The number of Topliss-reactive ketones (excluding diaryl/α,β-unsaturated/α-hetero) is 1. The molecule has 0 heterocycles. The molecule has 0 fully saturated rings. The van der Waals surface area contributed by atoms with E-state index in [4.69, 9.17) is 12.2 Å². The number of hydrogen-bond acceptors (Lipinski definition) is 2. The smallest absolute Gasteiger partial charge is 0.144 e. The van der Waals surface area contributed by atoms with Gasteiger partial charge in [-0.3, -0.25) is 4.79 Å². The van der Waals surface area contributed by atoms with Crippen molar-refractivity contribution >= 4 is 5.78 Å². The average molecular weight is 195 g/mol. The Morgan fingerprint density at radius 3 is 2.50 bits per heavy atom. The van der Waals surface area contributed by atoms with Gasteiger partial charge in [-0.25, -0.2) is 0 Å². The molecule has 0 rings (SSSR count). The maximum absolute atomic E-state index is 11.2. The van der Waals surface area contributed by atoms with Gasteiger partial charge in [-0.1, -0.05) is 19.8 Å². The van der Waals surface area contributed by atoms with E-state index in [1.165, 1.54) is 0 Å². The van der Waals surface area contributed by atoms with E-state index in [9.17, 15) is 4.79 Å². The van der Waals surface area contributed by atoms with Gasteiger partial charge in [0.2, 0.25) is 0 Å². The number of nitrogens with two attached hydrogens (primary N) is 1. The Kier molecular flexibility index (Phi) is 7.14. The minimum atomic E-state index is 0.176. The van der Waals surface area contributed by atoms with Crippen LogP contribution >= 0.6 is 0 Å². The van der Waals surface area contributed by atoms with Gasteiger partial charge in [0.05, 0.1) is 6.42 Å². The first kappa shape index (κ1) is 13.2. The SMILES string of the molecule is C#CCC(=O)CCC(CCN)C(C)C. The molecule has 2 heteroatoms. The largest absolute Gasteiger partial charge is 0.330 e. The molecule has 0 aromatic heterocycles. The normalized spacial score (nSPS) is 12.5. The number of carbonyl (C=O) groups excluding carboxylic acids is 1. The third-order valence-corrected chi connectivity index (χ3v) is 2.57.